The van der Waals surface area contributed by atoms with E-state index < -0.39 is 11.7 Å². The van der Waals surface area contributed by atoms with Gasteiger partial charge in [0, 0.05) is 12.2 Å². The Bertz CT molecular complexity index is 706. The Morgan fingerprint density at radius 3 is 2.63 bits per heavy atom. The van der Waals surface area contributed by atoms with Gasteiger partial charge in [0.15, 0.2) is 0 Å². The summed E-state index contributed by atoms with van der Waals surface area (Å²) in [7, 11) is 0. The molecule has 6 nitrogen and oxygen atoms in total. The Morgan fingerprint density at radius 2 is 2.07 bits per heavy atom. The third-order valence-electron chi connectivity index (χ3n) is 5.71. The van der Waals surface area contributed by atoms with E-state index in [4.69, 9.17) is 0 Å². The van der Waals surface area contributed by atoms with Gasteiger partial charge in [0.1, 0.15) is 0 Å². The van der Waals surface area contributed by atoms with Crippen LogP contribution in [0.4, 0.5) is 13.2 Å². The van der Waals surface area contributed by atoms with Crippen LogP contribution in [0.15, 0.2) is 18.3 Å². The molecule has 1 saturated carbocycles. The van der Waals surface area contributed by atoms with Crippen LogP contribution in [0.2, 0.25) is 0 Å². The second-order valence-electron chi connectivity index (χ2n) is 7.66. The van der Waals surface area contributed by atoms with Gasteiger partial charge in [-0.15, -0.1) is 0 Å². The highest BCUT2D eigenvalue weighted by Gasteiger charge is 2.55. The van der Waals surface area contributed by atoms with Crippen LogP contribution in [0.1, 0.15) is 50.4 Å². The van der Waals surface area contributed by atoms with E-state index in [1.807, 2.05) is 18.9 Å². The van der Waals surface area contributed by atoms with Gasteiger partial charge in [-0.25, -0.2) is 10.4 Å². The molecule has 4 rings (SSSR count). The molecule has 1 aromatic heterocycles. The Labute approximate surface area is 155 Å². The third kappa shape index (κ3) is 3.43. The average Bonchev–Trinajstić information content (AvgIpc) is 3.38. The number of pyridine rings is 1. The molecule has 1 aromatic rings. The van der Waals surface area contributed by atoms with Gasteiger partial charge in [0.25, 0.3) is 0 Å². The van der Waals surface area contributed by atoms with E-state index in [1.54, 1.807) is 0 Å². The molecule has 0 radical (unpaired) electrons. The average molecular weight is 383 g/mol. The van der Waals surface area contributed by atoms with E-state index in [0.717, 1.165) is 25.1 Å². The lowest BCUT2D eigenvalue weighted by atomic mass is 9.91. The van der Waals surface area contributed by atoms with Crippen molar-refractivity contribution in [3.63, 3.8) is 0 Å². The summed E-state index contributed by atoms with van der Waals surface area (Å²) in [6.45, 7) is 3.85. The van der Waals surface area contributed by atoms with Crippen molar-refractivity contribution in [3.8, 4) is 0 Å². The fourth-order valence-corrected chi connectivity index (χ4v) is 4.26. The number of fused-ring (bicyclic) bond motifs is 1. The largest absolute Gasteiger partial charge is 0.417 e. The molecule has 2 aliphatic heterocycles. The first kappa shape index (κ1) is 18.6. The number of amides is 1. The Kier molecular flexibility index (Phi) is 4.64. The molecule has 27 heavy (non-hydrogen) atoms. The summed E-state index contributed by atoms with van der Waals surface area (Å²) in [5, 5.41) is 8.36. The van der Waals surface area contributed by atoms with E-state index >= 15 is 0 Å². The first-order valence-electron chi connectivity index (χ1n) is 9.43. The lowest BCUT2D eigenvalue weighted by molar-refractivity contribution is -0.138. The summed E-state index contributed by atoms with van der Waals surface area (Å²) in [4.78, 5) is 16.7. The minimum absolute atomic E-state index is 0.0216. The highest BCUT2D eigenvalue weighted by molar-refractivity contribution is 5.81. The molecule has 3 heterocycles. The van der Waals surface area contributed by atoms with E-state index in [-0.39, 0.29) is 36.2 Å². The van der Waals surface area contributed by atoms with Gasteiger partial charge in [0.2, 0.25) is 5.91 Å². The molecule has 5 atom stereocenters. The van der Waals surface area contributed by atoms with Crippen LogP contribution in [0.3, 0.4) is 0 Å². The summed E-state index contributed by atoms with van der Waals surface area (Å²) in [5.74, 6) is 0.257. The maximum atomic E-state index is 12.8. The molecule has 9 heteroatoms. The number of carbonyl (C=O) groups is 1. The summed E-state index contributed by atoms with van der Waals surface area (Å²) in [6.07, 6.45) is -1.07. The van der Waals surface area contributed by atoms with Crippen LogP contribution >= 0.6 is 0 Å². The van der Waals surface area contributed by atoms with Gasteiger partial charge < -0.3 is 5.32 Å². The minimum Gasteiger partial charge on any atom is -0.341 e. The van der Waals surface area contributed by atoms with E-state index in [9.17, 15) is 18.0 Å². The normalized spacial score (nSPS) is 32.9. The van der Waals surface area contributed by atoms with Gasteiger partial charge in [0.05, 0.1) is 35.5 Å². The van der Waals surface area contributed by atoms with Crippen molar-refractivity contribution in [3.05, 3.63) is 29.6 Å². The number of aromatic nitrogens is 1. The van der Waals surface area contributed by atoms with E-state index in [2.05, 4.69) is 21.0 Å². The third-order valence-corrected chi connectivity index (χ3v) is 5.71. The Morgan fingerprint density at radius 1 is 1.33 bits per heavy atom. The molecule has 148 valence electrons. The summed E-state index contributed by atoms with van der Waals surface area (Å²) in [5.41, 5.74) is 3.30. The highest BCUT2D eigenvalue weighted by atomic mass is 19.4. The smallest absolute Gasteiger partial charge is 0.341 e. The molecule has 5 unspecified atom stereocenters. The zero-order chi connectivity index (χ0) is 19.3. The molecular formula is C18H24F3N5O. The monoisotopic (exact) mass is 383 g/mol. The zero-order valence-electron chi connectivity index (χ0n) is 15.3. The van der Waals surface area contributed by atoms with Gasteiger partial charge >= 0.3 is 6.18 Å². The predicted molar refractivity (Wildman–Crippen MR) is 91.8 cm³/mol. The topological polar surface area (TPSA) is 69.3 Å². The second kappa shape index (κ2) is 6.72. The fraction of sp³-hybridized carbons (Fsp3) is 0.667. The first-order chi connectivity index (χ1) is 12.8. The standard InChI is InChI=1S/C18H24F3N5O/c1-3-13(12-7-6-11(8-22-12)18(19,20)21)26-16-14(15(25-26)10-4-5-10)17(27)24-9(2)23-16/h6-10,13-16,23,25H,3-5H2,1-2H3,(H,24,27). The van der Waals surface area contributed by atoms with Crippen molar-refractivity contribution in [2.75, 3.05) is 0 Å². The number of carbonyl (C=O) groups excluding carboxylic acids is 1. The Balaban J connectivity index is 1.62. The van der Waals surface area contributed by atoms with E-state index in [1.165, 1.54) is 6.07 Å². The quantitative estimate of drug-likeness (QED) is 0.744. The lowest BCUT2D eigenvalue weighted by Crippen LogP contribution is -2.63. The van der Waals surface area contributed by atoms with Crippen LogP contribution in [-0.2, 0) is 11.0 Å². The van der Waals surface area contributed by atoms with Crippen molar-refractivity contribution in [2.24, 2.45) is 11.8 Å². The number of halogens is 3. The van der Waals surface area contributed by atoms with Gasteiger partial charge in [-0.05, 0) is 44.2 Å². The molecule has 1 amide bonds. The maximum Gasteiger partial charge on any atom is 0.417 e. The SMILES string of the molecule is CCC(c1ccc(C(F)(F)F)cn1)N1NC(C2CC2)C2C(=O)NC(C)NC21. The van der Waals surface area contributed by atoms with Crippen molar-refractivity contribution in [1.82, 2.24) is 26.1 Å². The molecule has 1 aliphatic carbocycles. The van der Waals surface area contributed by atoms with Gasteiger partial charge in [-0.1, -0.05) is 6.92 Å². The van der Waals surface area contributed by atoms with Crippen LogP contribution in [0.25, 0.3) is 0 Å². The maximum absolute atomic E-state index is 12.8. The second-order valence-corrected chi connectivity index (χ2v) is 7.66. The van der Waals surface area contributed by atoms with Crippen LogP contribution in [-0.4, -0.2) is 34.3 Å². The Hall–Kier alpha value is -1.71. The van der Waals surface area contributed by atoms with Gasteiger partial charge in [-0.3, -0.25) is 15.1 Å². The summed E-state index contributed by atoms with van der Waals surface area (Å²) >= 11 is 0. The molecular weight excluding hydrogens is 359 g/mol. The molecule has 3 N–H and O–H groups in total. The van der Waals surface area contributed by atoms with Crippen molar-refractivity contribution < 1.29 is 18.0 Å². The number of nitrogens with zero attached hydrogens (tertiary/aromatic N) is 2. The number of nitrogens with one attached hydrogen (secondary N) is 3. The van der Waals surface area contributed by atoms with Crippen molar-refractivity contribution >= 4 is 5.91 Å². The first-order valence-corrected chi connectivity index (χ1v) is 9.43. The molecule has 0 aromatic carbocycles. The highest BCUT2D eigenvalue weighted by Crippen LogP contribution is 2.43. The molecule has 0 bridgehead atoms. The number of hydrogen-bond acceptors (Lipinski definition) is 5. The zero-order valence-corrected chi connectivity index (χ0v) is 15.3. The number of hydrazine groups is 1. The van der Waals surface area contributed by atoms with E-state index in [0.29, 0.717) is 18.0 Å². The number of alkyl halides is 3. The summed E-state index contributed by atoms with van der Waals surface area (Å²) in [6, 6.07) is 2.32. The number of rotatable bonds is 4. The predicted octanol–water partition coefficient (Wildman–Crippen LogP) is 2.16. The molecule has 3 aliphatic rings. The summed E-state index contributed by atoms with van der Waals surface area (Å²) < 4.78 is 38.5. The van der Waals surface area contributed by atoms with Crippen molar-refractivity contribution in [2.45, 2.75) is 63.7 Å². The lowest BCUT2D eigenvalue weighted by Gasteiger charge is -2.38. The van der Waals surface area contributed by atoms with Gasteiger partial charge in [-0.2, -0.15) is 13.2 Å². The minimum atomic E-state index is -4.40. The fourth-order valence-electron chi connectivity index (χ4n) is 4.26. The van der Waals surface area contributed by atoms with Crippen LogP contribution in [0, 0.1) is 11.8 Å². The van der Waals surface area contributed by atoms with Crippen molar-refractivity contribution in [1.29, 1.82) is 0 Å². The molecule has 2 saturated heterocycles. The number of hydrogen-bond donors (Lipinski definition) is 3. The molecule has 0 spiro atoms. The van der Waals surface area contributed by atoms with Crippen LogP contribution < -0.4 is 16.1 Å². The molecule has 3 fully saturated rings. The van der Waals surface area contributed by atoms with Crippen LogP contribution in [0.5, 0.6) is 0 Å².